The van der Waals surface area contributed by atoms with Crippen molar-refractivity contribution in [1.82, 2.24) is 4.57 Å². The highest BCUT2D eigenvalue weighted by Gasteiger charge is 2.82. The van der Waals surface area contributed by atoms with Gasteiger partial charge in [-0.3, -0.25) is 4.79 Å². The topological polar surface area (TPSA) is 70.7 Å². The van der Waals surface area contributed by atoms with Crippen molar-refractivity contribution in [3.63, 3.8) is 0 Å². The molecule has 0 spiro atoms. The smallest absolute Gasteiger partial charge is 0.407 e. The van der Waals surface area contributed by atoms with E-state index < -0.39 is 33.1 Å². The lowest BCUT2D eigenvalue weighted by atomic mass is 9.90. The van der Waals surface area contributed by atoms with Crippen LogP contribution in [0.5, 0.6) is 0 Å². The first-order chi connectivity index (χ1) is 12.7. The molecule has 0 N–H and O–H groups in total. The van der Waals surface area contributed by atoms with E-state index in [2.05, 4.69) is 0 Å². The Hall–Kier alpha value is -1.02. The largest absolute Gasteiger partial charge is 0.426 e. The molecule has 6 nitrogen and oxygen atoms in total. The van der Waals surface area contributed by atoms with E-state index in [1.165, 1.54) is 14.2 Å². The minimum atomic E-state index is -1.72. The Morgan fingerprint density at radius 1 is 1.19 bits per heavy atom. The molecule has 27 heavy (non-hydrogen) atoms. The third-order valence-corrected chi connectivity index (χ3v) is 7.99. The predicted octanol–water partition coefficient (Wildman–Crippen LogP) is 3.90. The number of rotatable bonds is 3. The van der Waals surface area contributed by atoms with Crippen LogP contribution in [0.3, 0.4) is 0 Å². The van der Waals surface area contributed by atoms with Crippen LogP contribution in [0.2, 0.25) is 0 Å². The number of alkyl halides is 2. The molecular weight excluding hydrogens is 440 g/mol. The molecule has 0 unspecified atom stereocenters. The maximum Gasteiger partial charge on any atom is 0.426 e. The van der Waals surface area contributed by atoms with Crippen LogP contribution < -0.4 is 5.76 Å². The van der Waals surface area contributed by atoms with Gasteiger partial charge in [0, 0.05) is 14.2 Å². The zero-order valence-electron chi connectivity index (χ0n) is 14.1. The summed E-state index contributed by atoms with van der Waals surface area (Å²) in [5.74, 6) is -4.21. The van der Waals surface area contributed by atoms with Crippen molar-refractivity contribution in [2.24, 2.45) is 5.92 Å². The van der Waals surface area contributed by atoms with Crippen molar-refractivity contribution in [3.8, 4) is 0 Å². The normalized spacial score (nSPS) is 31.9. The van der Waals surface area contributed by atoms with Crippen molar-refractivity contribution >= 4 is 63.4 Å². The molecule has 144 valence electrons. The molecule has 2 aliphatic rings. The first-order valence-corrected chi connectivity index (χ1v) is 9.40. The third-order valence-electron chi connectivity index (χ3n) is 5.41. The van der Waals surface area contributed by atoms with Crippen LogP contribution in [0.4, 0.5) is 0 Å². The van der Waals surface area contributed by atoms with Crippen molar-refractivity contribution in [2.45, 2.75) is 22.0 Å². The van der Waals surface area contributed by atoms with Crippen LogP contribution in [-0.2, 0) is 9.47 Å². The highest BCUT2D eigenvalue weighted by atomic mass is 35.5. The highest BCUT2D eigenvalue weighted by Crippen LogP contribution is 2.71. The monoisotopic (exact) mass is 451 g/mol. The number of para-hydroxylation sites is 2. The zero-order chi connectivity index (χ0) is 19.8. The second kappa shape index (κ2) is 5.99. The molecule has 1 aromatic carbocycles. The van der Waals surface area contributed by atoms with Gasteiger partial charge in [-0.25, -0.2) is 9.36 Å². The van der Waals surface area contributed by atoms with Gasteiger partial charge in [-0.1, -0.05) is 35.3 Å². The molecule has 2 bridgehead atoms. The average molecular weight is 453 g/mol. The Morgan fingerprint density at radius 2 is 1.81 bits per heavy atom. The van der Waals surface area contributed by atoms with Gasteiger partial charge in [0.15, 0.2) is 5.58 Å². The fourth-order valence-corrected chi connectivity index (χ4v) is 6.28. The van der Waals surface area contributed by atoms with Gasteiger partial charge in [-0.05, 0) is 18.6 Å². The predicted molar refractivity (Wildman–Crippen MR) is 102 cm³/mol. The van der Waals surface area contributed by atoms with Gasteiger partial charge in [0.05, 0.1) is 21.5 Å². The van der Waals surface area contributed by atoms with Crippen LogP contribution >= 0.6 is 46.4 Å². The molecule has 1 aromatic heterocycles. The first kappa shape index (κ1) is 19.3. The Labute approximate surface area is 173 Å². The van der Waals surface area contributed by atoms with Gasteiger partial charge < -0.3 is 13.9 Å². The SMILES string of the molecule is COC1(OC)[C@@]2(Cl)C[C@H](C(=O)n3c(=O)oc4ccccc43)[C@@]1(Cl)C(Cl)=C2Cl. The van der Waals surface area contributed by atoms with Crippen molar-refractivity contribution in [2.75, 3.05) is 14.2 Å². The zero-order valence-corrected chi connectivity index (χ0v) is 17.1. The lowest BCUT2D eigenvalue weighted by molar-refractivity contribution is -0.218. The number of methoxy groups -OCH3 is 2. The van der Waals surface area contributed by atoms with Gasteiger partial charge in [0.25, 0.3) is 0 Å². The van der Waals surface area contributed by atoms with Gasteiger partial charge in [0.1, 0.15) is 9.75 Å². The average Bonchev–Trinajstić information content (AvgIpc) is 3.13. The summed E-state index contributed by atoms with van der Waals surface area (Å²) in [5.41, 5.74) is 0.582. The molecule has 1 fully saturated rings. The van der Waals surface area contributed by atoms with E-state index in [1.807, 2.05) is 0 Å². The highest BCUT2D eigenvalue weighted by molar-refractivity contribution is 6.52. The maximum absolute atomic E-state index is 13.4. The van der Waals surface area contributed by atoms with Crippen LogP contribution in [0.25, 0.3) is 11.1 Å². The van der Waals surface area contributed by atoms with E-state index in [0.29, 0.717) is 5.52 Å². The fourth-order valence-electron chi connectivity index (χ4n) is 4.23. The standard InChI is InChI=1S/C17H13Cl4NO5/c1-25-17(26-2)15(20)7-8(16(17,21)12(19)11(15)18)13(23)22-9-5-3-4-6-10(9)27-14(22)24/h3-6,8H,7H2,1-2H3/t8-,15-,16-/m1/s1. The van der Waals surface area contributed by atoms with E-state index in [-0.39, 0.29) is 22.1 Å². The molecule has 0 aliphatic heterocycles. The summed E-state index contributed by atoms with van der Waals surface area (Å²) in [7, 11) is 2.67. The summed E-state index contributed by atoms with van der Waals surface area (Å²) in [6, 6.07) is 6.54. The number of benzene rings is 1. The molecule has 1 saturated carbocycles. The van der Waals surface area contributed by atoms with E-state index in [1.54, 1.807) is 24.3 Å². The van der Waals surface area contributed by atoms with Crippen molar-refractivity contribution in [3.05, 3.63) is 44.9 Å². The van der Waals surface area contributed by atoms with Crippen molar-refractivity contribution < 1.29 is 18.7 Å². The van der Waals surface area contributed by atoms with Crippen LogP contribution in [0, 0.1) is 5.92 Å². The molecule has 3 atom stereocenters. The number of carbonyl (C=O) groups is 1. The number of hydrogen-bond acceptors (Lipinski definition) is 5. The number of fused-ring (bicyclic) bond motifs is 3. The molecule has 1 heterocycles. The van der Waals surface area contributed by atoms with Gasteiger partial charge in [-0.2, -0.15) is 0 Å². The number of oxazole rings is 1. The second-order valence-corrected chi connectivity index (χ2v) is 8.43. The summed E-state index contributed by atoms with van der Waals surface area (Å²) in [5, 5.41) is 0.00737. The Bertz CT molecular complexity index is 1060. The van der Waals surface area contributed by atoms with Crippen molar-refractivity contribution in [1.29, 1.82) is 0 Å². The molecule has 0 amide bonds. The van der Waals surface area contributed by atoms with E-state index >= 15 is 0 Å². The van der Waals surface area contributed by atoms with E-state index in [0.717, 1.165) is 4.57 Å². The van der Waals surface area contributed by atoms with Crippen LogP contribution in [0.15, 0.2) is 43.5 Å². The quantitative estimate of drug-likeness (QED) is 0.521. The molecular formula is C17H13Cl4NO5. The molecule has 0 saturated heterocycles. The molecule has 10 heteroatoms. The molecule has 2 aliphatic carbocycles. The second-order valence-electron chi connectivity index (χ2n) is 6.43. The summed E-state index contributed by atoms with van der Waals surface area (Å²) < 4.78 is 17.1. The number of aromatic nitrogens is 1. The lowest BCUT2D eigenvalue weighted by Gasteiger charge is -2.40. The summed E-state index contributed by atoms with van der Waals surface area (Å²) >= 11 is 26.3. The Morgan fingerprint density at radius 3 is 2.41 bits per heavy atom. The number of nitrogens with zero attached hydrogens (tertiary/aromatic N) is 1. The Balaban J connectivity index is 1.93. The lowest BCUT2D eigenvalue weighted by Crippen LogP contribution is -2.58. The molecule has 4 rings (SSSR count). The minimum Gasteiger partial charge on any atom is -0.407 e. The number of ether oxygens (including phenoxy) is 2. The van der Waals surface area contributed by atoms with Crippen LogP contribution in [0.1, 0.15) is 11.2 Å². The summed E-state index contributed by atoms with van der Waals surface area (Å²) in [6.45, 7) is 0. The first-order valence-electron chi connectivity index (χ1n) is 7.88. The summed E-state index contributed by atoms with van der Waals surface area (Å²) in [4.78, 5) is 22.5. The van der Waals surface area contributed by atoms with E-state index in [4.69, 9.17) is 60.3 Å². The Kier molecular flexibility index (Phi) is 4.28. The van der Waals surface area contributed by atoms with Gasteiger partial charge in [0.2, 0.25) is 11.7 Å². The summed E-state index contributed by atoms with van der Waals surface area (Å²) in [6.07, 6.45) is -0.0421. The fraction of sp³-hybridized carbons (Fsp3) is 0.412. The third kappa shape index (κ3) is 2.01. The maximum atomic E-state index is 13.4. The van der Waals surface area contributed by atoms with Gasteiger partial charge in [-0.15, -0.1) is 23.2 Å². The number of hydrogen-bond donors (Lipinski definition) is 0. The minimum absolute atomic E-state index is 0.0421. The van der Waals surface area contributed by atoms with Crippen LogP contribution in [-0.4, -0.2) is 40.2 Å². The molecule has 2 aromatic rings. The number of halogens is 4. The van der Waals surface area contributed by atoms with Gasteiger partial charge >= 0.3 is 5.76 Å². The number of carbonyl (C=O) groups excluding carboxylic acids is 1. The molecule has 0 radical (unpaired) electrons. The van der Waals surface area contributed by atoms with E-state index in [9.17, 15) is 9.59 Å².